The molecule has 3 atom stereocenters. The van der Waals surface area contributed by atoms with E-state index < -0.39 is 26.7 Å². The van der Waals surface area contributed by atoms with Crippen LogP contribution >= 0.6 is 7.82 Å². The standard InChI is InChI=1S/C24H45O7P/c1-10-13-22(26-16-19(4)5)29-32(25,30-23(14-11-2)27-17-20(6)7)31-24(15-12-3)28-18-21(8)9/h22-24H,4,6,8,10-18H2,1-3,5,7,9H3. The summed E-state index contributed by atoms with van der Waals surface area (Å²) in [5.74, 6) is 0. The molecule has 0 saturated carbocycles. The molecule has 0 aromatic carbocycles. The summed E-state index contributed by atoms with van der Waals surface area (Å²) in [7, 11) is -4.12. The molecule has 3 unspecified atom stereocenters. The highest BCUT2D eigenvalue weighted by atomic mass is 31.2. The lowest BCUT2D eigenvalue weighted by Crippen LogP contribution is -2.26. The average molecular weight is 477 g/mol. The van der Waals surface area contributed by atoms with Crippen molar-refractivity contribution in [2.45, 2.75) is 98.9 Å². The first kappa shape index (κ1) is 31.2. The molecule has 0 aliphatic carbocycles. The number of ether oxygens (including phenoxy) is 3. The summed E-state index contributed by atoms with van der Waals surface area (Å²) >= 11 is 0. The van der Waals surface area contributed by atoms with Gasteiger partial charge in [-0.25, -0.2) is 4.57 Å². The Hall–Kier alpha value is -0.790. The van der Waals surface area contributed by atoms with E-state index in [9.17, 15) is 4.57 Å². The first-order valence-corrected chi connectivity index (χ1v) is 12.9. The van der Waals surface area contributed by atoms with E-state index in [4.69, 9.17) is 27.8 Å². The Balaban J connectivity index is 5.69. The molecule has 8 heteroatoms. The molecule has 0 aliphatic rings. The molecule has 32 heavy (non-hydrogen) atoms. The predicted molar refractivity (Wildman–Crippen MR) is 129 cm³/mol. The monoisotopic (exact) mass is 476 g/mol. The molecule has 0 fully saturated rings. The lowest BCUT2D eigenvalue weighted by molar-refractivity contribution is -0.158. The Morgan fingerprint density at radius 3 is 1.06 bits per heavy atom. The largest absolute Gasteiger partial charge is 0.481 e. The predicted octanol–water partition coefficient (Wildman–Crippen LogP) is 7.30. The summed E-state index contributed by atoms with van der Waals surface area (Å²) in [4.78, 5) is 0. The molecule has 0 aliphatic heterocycles. The van der Waals surface area contributed by atoms with Crippen LogP contribution in [0.2, 0.25) is 0 Å². The number of rotatable bonds is 21. The van der Waals surface area contributed by atoms with Crippen molar-refractivity contribution in [1.29, 1.82) is 0 Å². The molecule has 0 radical (unpaired) electrons. The third kappa shape index (κ3) is 15.9. The minimum absolute atomic E-state index is 0.278. The second-order valence-corrected chi connectivity index (χ2v) is 9.75. The fourth-order valence-electron chi connectivity index (χ4n) is 2.42. The van der Waals surface area contributed by atoms with Crippen LogP contribution in [0.4, 0.5) is 0 Å². The van der Waals surface area contributed by atoms with Crippen molar-refractivity contribution in [1.82, 2.24) is 0 Å². The summed E-state index contributed by atoms with van der Waals surface area (Å²) in [6.07, 6.45) is 1.47. The van der Waals surface area contributed by atoms with Crippen LogP contribution in [0, 0.1) is 0 Å². The van der Waals surface area contributed by atoms with Crippen LogP contribution in [-0.2, 0) is 32.3 Å². The van der Waals surface area contributed by atoms with Gasteiger partial charge in [0.25, 0.3) is 0 Å². The van der Waals surface area contributed by atoms with Crippen LogP contribution < -0.4 is 0 Å². The van der Waals surface area contributed by atoms with E-state index in [2.05, 4.69) is 19.7 Å². The smallest absolute Gasteiger partial charge is 0.348 e. The van der Waals surface area contributed by atoms with Gasteiger partial charge >= 0.3 is 7.82 Å². The van der Waals surface area contributed by atoms with E-state index in [1.165, 1.54) is 0 Å². The molecule has 0 N–H and O–H groups in total. The van der Waals surface area contributed by atoms with Crippen molar-refractivity contribution >= 4 is 7.82 Å². The Bertz CT molecular complexity index is 524. The Labute approximate surface area is 195 Å². The fraction of sp³-hybridized carbons (Fsp3) is 0.750. The van der Waals surface area contributed by atoms with Crippen LogP contribution in [0.15, 0.2) is 36.5 Å². The highest BCUT2D eigenvalue weighted by Gasteiger charge is 2.38. The number of phosphoric ester groups is 1. The number of hydrogen-bond acceptors (Lipinski definition) is 7. The van der Waals surface area contributed by atoms with Crippen molar-refractivity contribution in [3.63, 3.8) is 0 Å². The Morgan fingerprint density at radius 2 is 0.875 bits per heavy atom. The van der Waals surface area contributed by atoms with E-state index in [0.29, 0.717) is 19.3 Å². The van der Waals surface area contributed by atoms with Crippen LogP contribution in [0.5, 0.6) is 0 Å². The summed E-state index contributed by atoms with van der Waals surface area (Å²) in [5.41, 5.74) is 2.48. The molecule has 0 rings (SSSR count). The molecular weight excluding hydrogens is 431 g/mol. The van der Waals surface area contributed by atoms with Crippen molar-refractivity contribution in [2.75, 3.05) is 19.8 Å². The van der Waals surface area contributed by atoms with E-state index in [1.807, 2.05) is 41.5 Å². The number of phosphoric acid groups is 1. The molecule has 188 valence electrons. The summed E-state index contributed by atoms with van der Waals surface area (Å²) in [5, 5.41) is 0. The zero-order valence-electron chi connectivity index (χ0n) is 21.0. The third-order valence-corrected chi connectivity index (χ3v) is 5.34. The summed E-state index contributed by atoms with van der Waals surface area (Å²) in [6, 6.07) is 0. The van der Waals surface area contributed by atoms with Gasteiger partial charge in [0.2, 0.25) is 0 Å². The Kier molecular flexibility index (Phi) is 17.2. The average Bonchev–Trinajstić information content (AvgIpc) is 2.69. The van der Waals surface area contributed by atoms with Gasteiger partial charge < -0.3 is 14.2 Å². The number of hydrogen-bond donors (Lipinski definition) is 0. The molecule has 0 spiro atoms. The van der Waals surface area contributed by atoms with Gasteiger partial charge in [-0.2, -0.15) is 0 Å². The maximum atomic E-state index is 13.8. The molecular formula is C24H45O7P. The van der Waals surface area contributed by atoms with Crippen LogP contribution in [0.25, 0.3) is 0 Å². The SMILES string of the molecule is C=C(C)COC(CCC)OP(=O)(OC(CCC)OCC(=C)C)OC(CCC)OCC(=C)C. The molecule has 7 nitrogen and oxygen atoms in total. The molecule has 0 saturated heterocycles. The van der Waals surface area contributed by atoms with Gasteiger partial charge in [-0.3, -0.25) is 13.6 Å². The van der Waals surface area contributed by atoms with Gasteiger partial charge in [0, 0.05) is 0 Å². The van der Waals surface area contributed by atoms with Crippen molar-refractivity contribution < 1.29 is 32.3 Å². The highest BCUT2D eigenvalue weighted by molar-refractivity contribution is 7.48. The molecule has 0 aromatic heterocycles. The maximum absolute atomic E-state index is 13.8. The van der Waals surface area contributed by atoms with Crippen LogP contribution in [0.3, 0.4) is 0 Å². The second-order valence-electron chi connectivity index (χ2n) is 8.22. The van der Waals surface area contributed by atoms with Crippen LogP contribution in [0.1, 0.15) is 80.1 Å². The van der Waals surface area contributed by atoms with Crippen molar-refractivity contribution in [3.05, 3.63) is 36.5 Å². The normalized spacial score (nSPS) is 16.2. The fourth-order valence-corrected chi connectivity index (χ4v) is 3.93. The minimum atomic E-state index is -4.12. The molecule has 0 heterocycles. The molecule has 0 amide bonds. The van der Waals surface area contributed by atoms with Crippen molar-refractivity contribution in [3.8, 4) is 0 Å². The van der Waals surface area contributed by atoms with Gasteiger partial charge in [0.05, 0.1) is 19.8 Å². The molecule has 0 bridgehead atoms. The van der Waals surface area contributed by atoms with E-state index in [-0.39, 0.29) is 19.8 Å². The third-order valence-electron chi connectivity index (χ3n) is 3.86. The van der Waals surface area contributed by atoms with Gasteiger partial charge in [0.1, 0.15) is 0 Å². The first-order chi connectivity index (χ1) is 15.0. The van der Waals surface area contributed by atoms with Gasteiger partial charge in [-0.05, 0) is 40.0 Å². The minimum Gasteiger partial charge on any atom is -0.348 e. The zero-order valence-corrected chi connectivity index (χ0v) is 21.9. The maximum Gasteiger partial charge on any atom is 0.481 e. The van der Waals surface area contributed by atoms with E-state index >= 15 is 0 Å². The summed E-state index contributed by atoms with van der Waals surface area (Å²) in [6.45, 7) is 23.9. The highest BCUT2D eigenvalue weighted by Crippen LogP contribution is 2.54. The van der Waals surface area contributed by atoms with Gasteiger partial charge in [-0.15, -0.1) is 0 Å². The van der Waals surface area contributed by atoms with Gasteiger partial charge in [-0.1, -0.05) is 76.5 Å². The zero-order chi connectivity index (χ0) is 24.6. The Morgan fingerprint density at radius 1 is 0.625 bits per heavy atom. The van der Waals surface area contributed by atoms with Crippen molar-refractivity contribution in [2.24, 2.45) is 0 Å². The topological polar surface area (TPSA) is 72.5 Å². The van der Waals surface area contributed by atoms with Crippen LogP contribution in [-0.4, -0.2) is 38.7 Å². The summed E-state index contributed by atoms with van der Waals surface area (Å²) < 4.78 is 48.6. The quantitative estimate of drug-likeness (QED) is 0.0977. The van der Waals surface area contributed by atoms with E-state index in [0.717, 1.165) is 36.0 Å². The lowest BCUT2D eigenvalue weighted by Gasteiger charge is -2.30. The second kappa shape index (κ2) is 17.7. The van der Waals surface area contributed by atoms with E-state index in [1.54, 1.807) is 0 Å². The first-order valence-electron chi connectivity index (χ1n) is 11.5. The van der Waals surface area contributed by atoms with Gasteiger partial charge in [0.15, 0.2) is 18.9 Å². The lowest BCUT2D eigenvalue weighted by atomic mass is 10.3. The molecule has 0 aromatic rings.